The smallest absolute Gasteiger partial charge is 0.366 e. The molecule has 0 unspecified atom stereocenters. The van der Waals surface area contributed by atoms with Crippen LogP contribution in [0, 0.1) is 0 Å². The number of benzene rings is 1. The number of carbonyl (C=O) groups is 3. The van der Waals surface area contributed by atoms with Gasteiger partial charge in [-0.1, -0.05) is 12.1 Å². The van der Waals surface area contributed by atoms with Gasteiger partial charge in [-0.15, -0.1) is 0 Å². The van der Waals surface area contributed by atoms with Crippen molar-refractivity contribution in [2.24, 2.45) is 0 Å². The van der Waals surface area contributed by atoms with Crippen LogP contribution in [-0.2, 0) is 9.53 Å². The van der Waals surface area contributed by atoms with E-state index in [1.807, 2.05) is 0 Å². The van der Waals surface area contributed by atoms with Gasteiger partial charge in [0.25, 0.3) is 11.8 Å². The Kier molecular flexibility index (Phi) is 4.47. The lowest BCUT2D eigenvalue weighted by molar-refractivity contribution is -0.137. The van der Waals surface area contributed by atoms with E-state index in [1.165, 1.54) is 0 Å². The summed E-state index contributed by atoms with van der Waals surface area (Å²) in [5.41, 5.74) is 0.776. The molecule has 0 N–H and O–H groups in total. The number of methoxy groups -OCH3 is 1. The van der Waals surface area contributed by atoms with Crippen LogP contribution in [0.25, 0.3) is 0 Å². The number of hydrogen-bond donors (Lipinski definition) is 0. The van der Waals surface area contributed by atoms with Crippen molar-refractivity contribution in [3.63, 3.8) is 0 Å². The van der Waals surface area contributed by atoms with Crippen LogP contribution in [0.1, 0.15) is 33.6 Å². The number of halogens is 1. The zero-order valence-corrected chi connectivity index (χ0v) is 11.5. The highest BCUT2D eigenvalue weighted by molar-refractivity contribution is 6.21. The van der Waals surface area contributed by atoms with Crippen LogP contribution < -0.4 is 0 Å². The lowest BCUT2D eigenvalue weighted by atomic mass is 10.1. The van der Waals surface area contributed by atoms with Crippen LogP contribution in [-0.4, -0.2) is 36.3 Å². The maximum atomic E-state index is 13.1. The van der Waals surface area contributed by atoms with Crippen molar-refractivity contribution in [3.05, 3.63) is 47.3 Å². The second-order valence-electron chi connectivity index (χ2n) is 4.49. The fraction of sp³-hybridized carbons (Fsp3) is 0.267. The minimum absolute atomic E-state index is 0.178. The Bertz CT molecular complexity index is 589. The second kappa shape index (κ2) is 6.30. The first-order valence-corrected chi connectivity index (χ1v) is 6.45. The van der Waals surface area contributed by atoms with Crippen molar-refractivity contribution in [2.75, 3.05) is 13.7 Å². The Labute approximate surface area is 121 Å². The molecule has 5 nitrogen and oxygen atoms in total. The molecular formula is C15H14FNO4. The molecule has 0 aromatic heterocycles. The van der Waals surface area contributed by atoms with E-state index >= 15 is 0 Å². The second-order valence-corrected chi connectivity index (χ2v) is 4.49. The SMILES string of the molecule is COC(=O)/C(F)=C\CCCN1C(=O)c2ccccc2C1=O. The zero-order chi connectivity index (χ0) is 15.4. The number of ether oxygens (including phenoxy) is 1. The molecule has 1 aliphatic heterocycles. The summed E-state index contributed by atoms with van der Waals surface area (Å²) >= 11 is 0. The third kappa shape index (κ3) is 2.99. The first-order valence-electron chi connectivity index (χ1n) is 6.45. The first-order chi connectivity index (χ1) is 10.1. The highest BCUT2D eigenvalue weighted by Gasteiger charge is 2.34. The molecule has 0 aliphatic carbocycles. The van der Waals surface area contributed by atoms with E-state index < -0.39 is 11.8 Å². The number of allylic oxidation sites excluding steroid dienone is 1. The van der Waals surface area contributed by atoms with Crippen molar-refractivity contribution in [1.82, 2.24) is 4.90 Å². The topological polar surface area (TPSA) is 63.7 Å². The fourth-order valence-electron chi connectivity index (χ4n) is 2.10. The zero-order valence-electron chi connectivity index (χ0n) is 11.5. The fourth-order valence-corrected chi connectivity index (χ4v) is 2.10. The molecule has 0 atom stereocenters. The molecule has 6 heteroatoms. The van der Waals surface area contributed by atoms with Crippen molar-refractivity contribution in [1.29, 1.82) is 0 Å². The van der Waals surface area contributed by atoms with Gasteiger partial charge in [-0.05, 0) is 31.1 Å². The van der Waals surface area contributed by atoms with E-state index in [-0.39, 0.29) is 24.8 Å². The molecule has 1 aromatic rings. The molecule has 0 radical (unpaired) electrons. The predicted octanol–water partition coefficient (Wildman–Crippen LogP) is 2.09. The van der Waals surface area contributed by atoms with Crippen molar-refractivity contribution >= 4 is 17.8 Å². The lowest BCUT2D eigenvalue weighted by Gasteiger charge is -2.12. The highest BCUT2D eigenvalue weighted by atomic mass is 19.1. The minimum Gasteiger partial charge on any atom is -0.464 e. The van der Waals surface area contributed by atoms with E-state index in [4.69, 9.17) is 0 Å². The van der Waals surface area contributed by atoms with Crippen molar-refractivity contribution in [2.45, 2.75) is 12.8 Å². The molecule has 0 fully saturated rings. The average Bonchev–Trinajstić information content (AvgIpc) is 2.75. The van der Waals surface area contributed by atoms with Crippen LogP contribution in [0.3, 0.4) is 0 Å². The van der Waals surface area contributed by atoms with Crippen LogP contribution >= 0.6 is 0 Å². The number of amides is 2. The van der Waals surface area contributed by atoms with Gasteiger partial charge in [0.05, 0.1) is 18.2 Å². The van der Waals surface area contributed by atoms with Crippen LogP contribution in [0.15, 0.2) is 36.2 Å². The summed E-state index contributed by atoms with van der Waals surface area (Å²) in [4.78, 5) is 36.0. The lowest BCUT2D eigenvalue weighted by Crippen LogP contribution is -2.30. The summed E-state index contributed by atoms with van der Waals surface area (Å²) in [5, 5.41) is 0. The van der Waals surface area contributed by atoms with E-state index in [0.29, 0.717) is 17.5 Å². The van der Waals surface area contributed by atoms with E-state index in [0.717, 1.165) is 18.1 Å². The van der Waals surface area contributed by atoms with Crippen LogP contribution in [0.2, 0.25) is 0 Å². The number of esters is 1. The summed E-state index contributed by atoms with van der Waals surface area (Å²) in [5.74, 6) is -2.68. The van der Waals surface area contributed by atoms with Gasteiger partial charge in [-0.2, -0.15) is 4.39 Å². The molecule has 0 saturated heterocycles. The maximum Gasteiger partial charge on any atom is 0.366 e. The molecule has 1 aliphatic rings. The normalized spacial score (nSPS) is 14.4. The van der Waals surface area contributed by atoms with Crippen molar-refractivity contribution < 1.29 is 23.5 Å². The molecule has 1 aromatic carbocycles. The highest BCUT2D eigenvalue weighted by Crippen LogP contribution is 2.22. The number of unbranched alkanes of at least 4 members (excludes halogenated alkanes) is 1. The monoisotopic (exact) mass is 291 g/mol. The molecule has 2 rings (SSSR count). The number of hydrogen-bond acceptors (Lipinski definition) is 4. The van der Waals surface area contributed by atoms with Crippen LogP contribution in [0.5, 0.6) is 0 Å². The van der Waals surface area contributed by atoms with Gasteiger partial charge in [0, 0.05) is 6.54 Å². The molecule has 21 heavy (non-hydrogen) atoms. The van der Waals surface area contributed by atoms with Gasteiger partial charge >= 0.3 is 5.97 Å². The summed E-state index contributed by atoms with van der Waals surface area (Å²) in [6, 6.07) is 6.60. The molecule has 0 bridgehead atoms. The molecule has 2 amide bonds. The van der Waals surface area contributed by atoms with E-state index in [2.05, 4.69) is 4.74 Å². The number of imide groups is 1. The van der Waals surface area contributed by atoms with Gasteiger partial charge in [0.2, 0.25) is 5.83 Å². The number of rotatable bonds is 5. The molecule has 0 saturated carbocycles. The average molecular weight is 291 g/mol. The van der Waals surface area contributed by atoms with Gasteiger partial charge in [0.15, 0.2) is 0 Å². The van der Waals surface area contributed by atoms with E-state index in [9.17, 15) is 18.8 Å². The Balaban J connectivity index is 1.93. The van der Waals surface area contributed by atoms with Gasteiger partial charge in [0.1, 0.15) is 0 Å². The Morgan fingerprint density at radius 2 is 1.81 bits per heavy atom. The predicted molar refractivity (Wildman–Crippen MR) is 72.3 cm³/mol. The van der Waals surface area contributed by atoms with Crippen LogP contribution in [0.4, 0.5) is 4.39 Å². The molecule has 110 valence electrons. The van der Waals surface area contributed by atoms with Gasteiger partial charge < -0.3 is 4.74 Å². The molecular weight excluding hydrogens is 277 g/mol. The third-order valence-corrected chi connectivity index (χ3v) is 3.17. The number of fused-ring (bicyclic) bond motifs is 1. The third-order valence-electron chi connectivity index (χ3n) is 3.17. The Morgan fingerprint density at radius 3 is 2.33 bits per heavy atom. The van der Waals surface area contributed by atoms with E-state index in [1.54, 1.807) is 24.3 Å². The summed E-state index contributed by atoms with van der Waals surface area (Å²) in [6.07, 6.45) is 1.69. The number of carbonyl (C=O) groups excluding carboxylic acids is 3. The largest absolute Gasteiger partial charge is 0.464 e. The quantitative estimate of drug-likeness (QED) is 0.361. The van der Waals surface area contributed by atoms with Crippen molar-refractivity contribution in [3.8, 4) is 0 Å². The minimum atomic E-state index is -1.03. The maximum absolute atomic E-state index is 13.1. The Morgan fingerprint density at radius 1 is 1.24 bits per heavy atom. The standard InChI is InChI=1S/C15H14FNO4/c1-21-15(20)12(16)8-4-5-9-17-13(18)10-6-2-3-7-11(10)14(17)19/h2-3,6-8H,4-5,9H2,1H3/b12-8+. The first kappa shape index (κ1) is 14.9. The summed E-state index contributed by atoms with van der Waals surface area (Å²) in [6.45, 7) is 0.178. The number of nitrogens with zero attached hydrogens (tertiary/aromatic N) is 1. The van der Waals surface area contributed by atoms with Gasteiger partial charge in [-0.25, -0.2) is 4.79 Å². The summed E-state index contributed by atoms with van der Waals surface area (Å²) < 4.78 is 17.3. The molecule has 0 spiro atoms. The van der Waals surface area contributed by atoms with Gasteiger partial charge in [-0.3, -0.25) is 14.5 Å². The Hall–Kier alpha value is -2.50. The molecule has 1 heterocycles. The summed E-state index contributed by atoms with van der Waals surface area (Å²) in [7, 11) is 1.09.